The predicted octanol–water partition coefficient (Wildman–Crippen LogP) is 3.19. The van der Waals surface area contributed by atoms with Crippen LogP contribution >= 0.6 is 12.2 Å². The van der Waals surface area contributed by atoms with Crippen molar-refractivity contribution >= 4 is 17.2 Å². The molecule has 3 heteroatoms. The summed E-state index contributed by atoms with van der Waals surface area (Å²) in [5.41, 5.74) is 7.88. The van der Waals surface area contributed by atoms with E-state index in [9.17, 15) is 0 Å². The number of rotatable bonds is 7. The number of hydrogen-bond acceptors (Lipinski definition) is 2. The van der Waals surface area contributed by atoms with Crippen LogP contribution in [0, 0.1) is 5.92 Å². The van der Waals surface area contributed by atoms with Gasteiger partial charge in [0, 0.05) is 18.7 Å². The van der Waals surface area contributed by atoms with E-state index < -0.39 is 0 Å². The van der Waals surface area contributed by atoms with Crippen LogP contribution in [-0.2, 0) is 6.54 Å². The van der Waals surface area contributed by atoms with Gasteiger partial charge < -0.3 is 10.6 Å². The molecule has 2 nitrogen and oxygen atoms in total. The average molecular weight is 264 g/mol. The van der Waals surface area contributed by atoms with Crippen molar-refractivity contribution in [2.75, 3.05) is 13.6 Å². The molecule has 100 valence electrons. The van der Waals surface area contributed by atoms with Gasteiger partial charge in [-0.1, -0.05) is 50.7 Å². The average Bonchev–Trinajstić information content (AvgIpc) is 2.29. The number of hydrogen-bond donors (Lipinski definition) is 1. The van der Waals surface area contributed by atoms with Crippen LogP contribution in [0.3, 0.4) is 0 Å². The lowest BCUT2D eigenvalue weighted by molar-refractivity contribution is 0.270. The highest BCUT2D eigenvalue weighted by Crippen LogP contribution is 2.11. The summed E-state index contributed by atoms with van der Waals surface area (Å²) in [5.74, 6) is 0.749. The molecule has 0 spiro atoms. The molecule has 0 saturated carbocycles. The fourth-order valence-electron chi connectivity index (χ4n) is 2.32. The largest absolute Gasteiger partial charge is 0.389 e. The van der Waals surface area contributed by atoms with E-state index in [4.69, 9.17) is 18.0 Å². The summed E-state index contributed by atoms with van der Waals surface area (Å²) < 4.78 is 0. The molecule has 0 radical (unpaired) electrons. The van der Waals surface area contributed by atoms with E-state index in [2.05, 4.69) is 37.9 Å². The summed E-state index contributed by atoms with van der Waals surface area (Å²) in [7, 11) is 2.17. The van der Waals surface area contributed by atoms with Gasteiger partial charge >= 0.3 is 0 Å². The fourth-order valence-corrected chi connectivity index (χ4v) is 2.44. The van der Waals surface area contributed by atoms with Crippen molar-refractivity contribution in [3.63, 3.8) is 0 Å². The second-order valence-corrected chi connectivity index (χ2v) is 5.60. The Morgan fingerprint density at radius 2 is 2.17 bits per heavy atom. The Morgan fingerprint density at radius 1 is 1.44 bits per heavy atom. The third-order valence-corrected chi connectivity index (χ3v) is 3.30. The van der Waals surface area contributed by atoms with Crippen molar-refractivity contribution in [2.45, 2.75) is 33.2 Å². The van der Waals surface area contributed by atoms with Gasteiger partial charge in [-0.25, -0.2) is 0 Å². The van der Waals surface area contributed by atoms with Crippen LogP contribution in [0.5, 0.6) is 0 Å². The maximum Gasteiger partial charge on any atom is 0.103 e. The molecule has 0 bridgehead atoms. The Morgan fingerprint density at radius 3 is 2.78 bits per heavy atom. The van der Waals surface area contributed by atoms with Crippen LogP contribution in [-0.4, -0.2) is 23.5 Å². The van der Waals surface area contributed by atoms with Gasteiger partial charge in [-0.2, -0.15) is 0 Å². The topological polar surface area (TPSA) is 29.3 Å². The lowest BCUT2D eigenvalue weighted by Gasteiger charge is -2.21. The summed E-state index contributed by atoms with van der Waals surface area (Å²) in [6, 6.07) is 8.20. The number of thiocarbonyl (C=S) groups is 1. The summed E-state index contributed by atoms with van der Waals surface area (Å²) in [6.45, 7) is 6.63. The second kappa shape index (κ2) is 7.49. The molecule has 0 aromatic heterocycles. The molecule has 0 heterocycles. The Hall–Kier alpha value is -0.930. The molecule has 0 aliphatic rings. The predicted molar refractivity (Wildman–Crippen MR) is 82.7 cm³/mol. The first-order valence-electron chi connectivity index (χ1n) is 6.60. The Kier molecular flexibility index (Phi) is 6.30. The monoisotopic (exact) mass is 264 g/mol. The maximum atomic E-state index is 5.65. The molecule has 0 saturated heterocycles. The quantitative estimate of drug-likeness (QED) is 0.767. The molecule has 1 aromatic rings. The van der Waals surface area contributed by atoms with Crippen molar-refractivity contribution < 1.29 is 0 Å². The maximum absolute atomic E-state index is 5.65. The molecule has 0 fully saturated rings. The van der Waals surface area contributed by atoms with Crippen molar-refractivity contribution in [2.24, 2.45) is 11.7 Å². The molecule has 0 aliphatic heterocycles. The first-order valence-corrected chi connectivity index (χ1v) is 7.01. The minimum Gasteiger partial charge on any atom is -0.389 e. The minimum absolute atomic E-state index is 0.471. The van der Waals surface area contributed by atoms with E-state index in [1.54, 1.807) is 0 Å². The van der Waals surface area contributed by atoms with Crippen molar-refractivity contribution in [1.82, 2.24) is 4.90 Å². The smallest absolute Gasteiger partial charge is 0.103 e. The van der Waals surface area contributed by atoms with Crippen molar-refractivity contribution in [1.29, 1.82) is 0 Å². The zero-order chi connectivity index (χ0) is 13.5. The van der Waals surface area contributed by atoms with Crippen LogP contribution in [0.2, 0.25) is 0 Å². The lowest BCUT2D eigenvalue weighted by atomic mass is 10.1. The van der Waals surface area contributed by atoms with E-state index in [-0.39, 0.29) is 0 Å². The zero-order valence-electron chi connectivity index (χ0n) is 11.6. The third-order valence-electron chi connectivity index (χ3n) is 3.07. The first-order chi connectivity index (χ1) is 8.52. The van der Waals surface area contributed by atoms with E-state index in [1.807, 2.05) is 12.1 Å². The van der Waals surface area contributed by atoms with E-state index in [1.165, 1.54) is 18.4 Å². The lowest BCUT2D eigenvalue weighted by Crippen LogP contribution is -2.24. The summed E-state index contributed by atoms with van der Waals surface area (Å²) >= 11 is 5.00. The van der Waals surface area contributed by atoms with Gasteiger partial charge in [0.15, 0.2) is 0 Å². The molecule has 1 unspecified atom stereocenters. The highest BCUT2D eigenvalue weighted by atomic mass is 32.1. The van der Waals surface area contributed by atoms with E-state index in [0.29, 0.717) is 4.99 Å². The summed E-state index contributed by atoms with van der Waals surface area (Å²) in [4.78, 5) is 2.83. The number of nitrogens with zero attached hydrogens (tertiary/aromatic N) is 1. The first kappa shape index (κ1) is 15.1. The molecular weight excluding hydrogens is 240 g/mol. The van der Waals surface area contributed by atoms with Gasteiger partial charge in [-0.15, -0.1) is 0 Å². The highest BCUT2D eigenvalue weighted by molar-refractivity contribution is 7.80. The summed E-state index contributed by atoms with van der Waals surface area (Å²) in [6.07, 6.45) is 2.54. The van der Waals surface area contributed by atoms with Gasteiger partial charge in [0.05, 0.1) is 0 Å². The van der Waals surface area contributed by atoms with Crippen LogP contribution in [0.15, 0.2) is 24.3 Å². The zero-order valence-corrected chi connectivity index (χ0v) is 12.5. The van der Waals surface area contributed by atoms with Gasteiger partial charge in [0.2, 0.25) is 0 Å². The molecule has 18 heavy (non-hydrogen) atoms. The van der Waals surface area contributed by atoms with Crippen LogP contribution < -0.4 is 5.73 Å². The highest BCUT2D eigenvalue weighted by Gasteiger charge is 2.07. The van der Waals surface area contributed by atoms with Crippen LogP contribution in [0.4, 0.5) is 0 Å². The van der Waals surface area contributed by atoms with Crippen molar-refractivity contribution in [3.05, 3.63) is 35.4 Å². The third kappa shape index (κ3) is 5.15. The van der Waals surface area contributed by atoms with Gasteiger partial charge in [0.1, 0.15) is 4.99 Å². The SMILES string of the molecule is CCCC(C)CN(C)Cc1cccc(C(N)=S)c1. The summed E-state index contributed by atoms with van der Waals surface area (Å²) in [5, 5.41) is 0. The van der Waals surface area contributed by atoms with E-state index in [0.717, 1.165) is 24.6 Å². The fraction of sp³-hybridized carbons (Fsp3) is 0.533. The van der Waals surface area contributed by atoms with Crippen LogP contribution in [0.1, 0.15) is 37.8 Å². The van der Waals surface area contributed by atoms with Crippen molar-refractivity contribution in [3.8, 4) is 0 Å². The standard InChI is InChI=1S/C15H24N2S/c1-4-6-12(2)10-17(3)11-13-7-5-8-14(9-13)15(16)18/h5,7-9,12H,4,6,10-11H2,1-3H3,(H2,16,18). The Balaban J connectivity index is 2.56. The molecule has 1 rings (SSSR count). The molecule has 2 N–H and O–H groups in total. The Labute approximate surface area is 116 Å². The molecule has 0 aliphatic carbocycles. The molecule has 1 aromatic carbocycles. The number of nitrogens with two attached hydrogens (primary N) is 1. The molecule has 1 atom stereocenters. The molecular formula is C15H24N2S. The van der Waals surface area contributed by atoms with Gasteiger partial charge in [0.25, 0.3) is 0 Å². The number of benzene rings is 1. The minimum atomic E-state index is 0.471. The normalized spacial score (nSPS) is 12.7. The molecule has 0 amide bonds. The van der Waals surface area contributed by atoms with Gasteiger partial charge in [-0.05, 0) is 31.0 Å². The Bertz CT molecular complexity index is 390. The second-order valence-electron chi connectivity index (χ2n) is 5.16. The van der Waals surface area contributed by atoms with E-state index >= 15 is 0 Å². The van der Waals surface area contributed by atoms with Crippen LogP contribution in [0.25, 0.3) is 0 Å². The van der Waals surface area contributed by atoms with Gasteiger partial charge in [-0.3, -0.25) is 0 Å².